The van der Waals surface area contributed by atoms with E-state index in [9.17, 15) is 19.5 Å². The molecule has 0 aliphatic rings. The van der Waals surface area contributed by atoms with Crippen LogP contribution in [0.3, 0.4) is 0 Å². The van der Waals surface area contributed by atoms with E-state index in [-0.39, 0.29) is 18.9 Å². The average Bonchev–Trinajstić information content (AvgIpc) is 3.28. The lowest BCUT2D eigenvalue weighted by Gasteiger charge is -2.13. The molecule has 182 valence electrons. The summed E-state index contributed by atoms with van der Waals surface area (Å²) in [5, 5.41) is 14.3. The van der Waals surface area contributed by atoms with Gasteiger partial charge < -0.3 is 15.7 Å². The second-order valence-corrected chi connectivity index (χ2v) is 8.56. The number of nitrogens with one attached hydrogen (secondary N) is 4. The standard InChI is InChI=1S/C24H42N4O4/c1-2-3-4-5-6-7-8-9-10-11-12-13-14-15-22(29)26-18-23(30)28-21(24(31)32)16-20-17-25-19-27-20/h17,19,21H,2-16,18H2,1H3,(H,25,27)(H,26,29)(H,28,30)(H,31,32)/p+1/t21-/m0/s1. The van der Waals surface area contributed by atoms with Crippen molar-refractivity contribution >= 4 is 17.8 Å². The molecule has 8 heteroatoms. The van der Waals surface area contributed by atoms with E-state index in [0.717, 1.165) is 19.3 Å². The smallest absolute Gasteiger partial charge is 0.326 e. The summed E-state index contributed by atoms with van der Waals surface area (Å²) in [4.78, 5) is 40.9. The molecular formula is C24H43N4O4+. The van der Waals surface area contributed by atoms with Gasteiger partial charge in [0.25, 0.3) is 0 Å². The Morgan fingerprint density at radius 1 is 0.906 bits per heavy atom. The number of carboxylic acids is 1. The number of imidazole rings is 1. The molecule has 0 spiro atoms. The third-order valence-corrected chi connectivity index (χ3v) is 5.61. The predicted molar refractivity (Wildman–Crippen MR) is 124 cm³/mol. The lowest BCUT2D eigenvalue weighted by Crippen LogP contribution is -2.46. The fraction of sp³-hybridized carbons (Fsp3) is 0.750. The van der Waals surface area contributed by atoms with Crippen LogP contribution in [0.2, 0.25) is 0 Å². The number of carbonyl (C=O) groups excluding carboxylic acids is 2. The molecule has 1 aromatic rings. The Morgan fingerprint density at radius 3 is 1.97 bits per heavy atom. The molecule has 1 atom stereocenters. The van der Waals surface area contributed by atoms with Crippen LogP contribution in [0.25, 0.3) is 0 Å². The minimum atomic E-state index is -1.12. The van der Waals surface area contributed by atoms with E-state index in [1.54, 1.807) is 12.5 Å². The van der Waals surface area contributed by atoms with Crippen molar-refractivity contribution in [3.8, 4) is 0 Å². The van der Waals surface area contributed by atoms with E-state index in [4.69, 9.17) is 0 Å². The quantitative estimate of drug-likeness (QED) is 0.226. The van der Waals surface area contributed by atoms with Gasteiger partial charge in [-0.05, 0) is 6.42 Å². The maximum Gasteiger partial charge on any atom is 0.326 e. The Kier molecular flexibility index (Phi) is 15.7. The zero-order valence-electron chi connectivity index (χ0n) is 19.7. The Morgan fingerprint density at radius 2 is 1.47 bits per heavy atom. The van der Waals surface area contributed by atoms with Crippen LogP contribution in [-0.4, -0.2) is 40.5 Å². The summed E-state index contributed by atoms with van der Waals surface area (Å²) in [5.74, 6) is -1.80. The molecule has 0 fully saturated rings. The second-order valence-electron chi connectivity index (χ2n) is 8.56. The zero-order valence-corrected chi connectivity index (χ0v) is 19.7. The number of aromatic amines is 2. The molecule has 0 bridgehead atoms. The van der Waals surface area contributed by atoms with Crippen molar-refractivity contribution in [3.63, 3.8) is 0 Å². The maximum atomic E-state index is 12.0. The molecule has 0 radical (unpaired) electrons. The molecule has 8 nitrogen and oxygen atoms in total. The minimum absolute atomic E-state index is 0.136. The highest BCUT2D eigenvalue weighted by Gasteiger charge is 2.22. The van der Waals surface area contributed by atoms with Crippen LogP contribution in [-0.2, 0) is 20.8 Å². The molecule has 2 amide bonds. The Balaban J connectivity index is 1.98. The fourth-order valence-electron chi connectivity index (χ4n) is 3.67. The maximum absolute atomic E-state index is 12.0. The number of unbranched alkanes of at least 4 members (excludes halogenated alkanes) is 12. The van der Waals surface area contributed by atoms with Crippen molar-refractivity contribution < 1.29 is 24.5 Å². The number of hydrogen-bond donors (Lipinski definition) is 4. The van der Waals surface area contributed by atoms with E-state index in [1.807, 2.05) is 0 Å². The largest absolute Gasteiger partial charge is 0.480 e. The van der Waals surface area contributed by atoms with E-state index in [2.05, 4.69) is 27.5 Å². The van der Waals surface area contributed by atoms with Crippen LogP contribution in [0.15, 0.2) is 12.5 Å². The van der Waals surface area contributed by atoms with Gasteiger partial charge in [-0.3, -0.25) is 14.6 Å². The van der Waals surface area contributed by atoms with Crippen molar-refractivity contribution in [2.75, 3.05) is 6.54 Å². The number of aliphatic carboxylic acids is 1. The van der Waals surface area contributed by atoms with E-state index >= 15 is 0 Å². The number of carboxylic acid groups (broad SMARTS) is 1. The molecule has 32 heavy (non-hydrogen) atoms. The minimum Gasteiger partial charge on any atom is -0.480 e. The van der Waals surface area contributed by atoms with Crippen molar-refractivity contribution in [1.29, 1.82) is 0 Å². The van der Waals surface area contributed by atoms with Crippen LogP contribution >= 0.6 is 0 Å². The van der Waals surface area contributed by atoms with Crippen molar-refractivity contribution in [2.24, 2.45) is 0 Å². The number of rotatable bonds is 20. The van der Waals surface area contributed by atoms with Crippen LogP contribution in [0.4, 0.5) is 0 Å². The highest BCUT2D eigenvalue weighted by Crippen LogP contribution is 2.12. The lowest BCUT2D eigenvalue weighted by atomic mass is 10.0. The van der Waals surface area contributed by atoms with Crippen LogP contribution < -0.4 is 15.6 Å². The highest BCUT2D eigenvalue weighted by molar-refractivity contribution is 5.87. The number of hydrogen-bond acceptors (Lipinski definition) is 3. The molecule has 0 aliphatic heterocycles. The third-order valence-electron chi connectivity index (χ3n) is 5.61. The van der Waals surface area contributed by atoms with E-state index in [1.165, 1.54) is 64.2 Å². The van der Waals surface area contributed by atoms with Gasteiger partial charge in [0.2, 0.25) is 18.1 Å². The number of H-pyrrole nitrogens is 2. The van der Waals surface area contributed by atoms with E-state index in [0.29, 0.717) is 12.1 Å². The monoisotopic (exact) mass is 451 g/mol. The molecule has 1 heterocycles. The topological polar surface area (TPSA) is 125 Å². The molecule has 1 aromatic heterocycles. The SMILES string of the molecule is CCCCCCCCCCCCCCCC(=O)NCC(=O)N[C@@H](Cc1c[nH+]c[nH]1)C(=O)O. The average molecular weight is 452 g/mol. The Labute approximate surface area is 192 Å². The summed E-state index contributed by atoms with van der Waals surface area (Å²) in [6.45, 7) is 2.04. The molecule has 5 N–H and O–H groups in total. The summed E-state index contributed by atoms with van der Waals surface area (Å²) in [6.07, 6.45) is 20.0. The first-order chi connectivity index (χ1) is 15.5. The molecule has 0 aliphatic carbocycles. The summed E-state index contributed by atoms with van der Waals surface area (Å²) in [7, 11) is 0. The zero-order chi connectivity index (χ0) is 23.4. The predicted octanol–water partition coefficient (Wildman–Crippen LogP) is 3.54. The van der Waals surface area contributed by atoms with Gasteiger partial charge in [0.1, 0.15) is 17.9 Å². The first kappa shape index (κ1) is 27.7. The first-order valence-electron chi connectivity index (χ1n) is 12.3. The fourth-order valence-corrected chi connectivity index (χ4v) is 3.67. The first-order valence-corrected chi connectivity index (χ1v) is 12.3. The highest BCUT2D eigenvalue weighted by atomic mass is 16.4. The van der Waals surface area contributed by atoms with Gasteiger partial charge in [0.05, 0.1) is 6.54 Å². The molecular weight excluding hydrogens is 408 g/mol. The number of aromatic nitrogens is 2. The van der Waals surface area contributed by atoms with Gasteiger partial charge >= 0.3 is 5.97 Å². The second kappa shape index (κ2) is 18.2. The number of carbonyl (C=O) groups is 3. The Hall–Kier alpha value is -2.38. The summed E-state index contributed by atoms with van der Waals surface area (Å²) >= 11 is 0. The molecule has 0 unspecified atom stereocenters. The molecule has 0 aromatic carbocycles. The van der Waals surface area contributed by atoms with Crippen molar-refractivity contribution in [2.45, 2.75) is 109 Å². The van der Waals surface area contributed by atoms with Gasteiger partial charge in [-0.1, -0.05) is 84.0 Å². The third kappa shape index (κ3) is 14.6. The van der Waals surface area contributed by atoms with Crippen LogP contribution in [0.1, 0.15) is 103 Å². The Bertz CT molecular complexity index is 634. The van der Waals surface area contributed by atoms with Gasteiger partial charge in [0.15, 0.2) is 0 Å². The summed E-state index contributed by atoms with van der Waals surface area (Å²) in [5.41, 5.74) is 0.671. The van der Waals surface area contributed by atoms with Gasteiger partial charge in [-0.2, -0.15) is 0 Å². The summed E-state index contributed by atoms with van der Waals surface area (Å²) in [6, 6.07) is -1.05. The molecule has 0 saturated heterocycles. The van der Waals surface area contributed by atoms with E-state index < -0.39 is 17.9 Å². The van der Waals surface area contributed by atoms with Gasteiger partial charge in [-0.15, -0.1) is 0 Å². The van der Waals surface area contributed by atoms with Gasteiger partial charge in [0, 0.05) is 12.8 Å². The molecule has 0 saturated carbocycles. The van der Waals surface area contributed by atoms with Crippen molar-refractivity contribution in [3.05, 3.63) is 18.2 Å². The van der Waals surface area contributed by atoms with Crippen LogP contribution in [0.5, 0.6) is 0 Å². The molecule has 1 rings (SSSR count). The lowest BCUT2D eigenvalue weighted by molar-refractivity contribution is -0.376. The van der Waals surface area contributed by atoms with Crippen LogP contribution in [0, 0.1) is 0 Å². The normalized spacial score (nSPS) is 11.8. The van der Waals surface area contributed by atoms with Crippen molar-refractivity contribution in [1.82, 2.24) is 15.6 Å². The van der Waals surface area contributed by atoms with Gasteiger partial charge in [-0.25, -0.2) is 9.78 Å². The number of amides is 2. The summed E-state index contributed by atoms with van der Waals surface area (Å²) < 4.78 is 0.